The number of aromatic hydroxyl groups is 2. The standard InChI is InChI=1S/C6H6O2.C6H12O2/c7-5-2-1-3-6(8)4-5;1-2-3-4-5-6(7)8/h1-4,7-8H;2-5H2,1H3,(H,7,8). The fourth-order valence-electron chi connectivity index (χ4n) is 1.02. The molecule has 0 aliphatic carbocycles. The molecule has 0 saturated carbocycles. The molecule has 0 atom stereocenters. The van der Waals surface area contributed by atoms with E-state index < -0.39 is 5.97 Å². The van der Waals surface area contributed by atoms with Crippen LogP contribution >= 0.6 is 0 Å². The highest BCUT2D eigenvalue weighted by molar-refractivity contribution is 5.66. The largest absolute Gasteiger partial charge is 0.508 e. The molecule has 0 spiro atoms. The molecular weight excluding hydrogens is 208 g/mol. The third-order valence-corrected chi connectivity index (χ3v) is 1.82. The Morgan fingerprint density at radius 2 is 1.75 bits per heavy atom. The molecule has 0 unspecified atom stereocenters. The molecule has 0 radical (unpaired) electrons. The molecule has 16 heavy (non-hydrogen) atoms. The van der Waals surface area contributed by atoms with Gasteiger partial charge in [0.25, 0.3) is 0 Å². The van der Waals surface area contributed by atoms with Gasteiger partial charge in [0.15, 0.2) is 0 Å². The predicted octanol–water partition coefficient (Wildman–Crippen LogP) is 2.75. The lowest BCUT2D eigenvalue weighted by atomic mass is 10.2. The van der Waals surface area contributed by atoms with Crippen LogP contribution in [0.4, 0.5) is 0 Å². The van der Waals surface area contributed by atoms with Gasteiger partial charge in [0.05, 0.1) is 0 Å². The first kappa shape index (κ1) is 14.3. The fourth-order valence-corrected chi connectivity index (χ4v) is 1.02. The lowest BCUT2D eigenvalue weighted by Gasteiger charge is -1.89. The third kappa shape index (κ3) is 8.87. The second-order valence-corrected chi connectivity index (χ2v) is 3.37. The summed E-state index contributed by atoms with van der Waals surface area (Å²) in [6.07, 6.45) is 3.28. The van der Waals surface area contributed by atoms with E-state index in [1.165, 1.54) is 18.2 Å². The second kappa shape index (κ2) is 8.59. The van der Waals surface area contributed by atoms with Gasteiger partial charge in [0.2, 0.25) is 0 Å². The minimum atomic E-state index is -0.682. The molecule has 1 aromatic rings. The molecule has 0 fully saturated rings. The van der Waals surface area contributed by atoms with Crippen LogP contribution in [0.15, 0.2) is 24.3 Å². The zero-order chi connectivity index (χ0) is 12.4. The number of unbranched alkanes of at least 4 members (excludes halogenated alkanes) is 2. The third-order valence-electron chi connectivity index (χ3n) is 1.82. The minimum Gasteiger partial charge on any atom is -0.508 e. The normalized spacial score (nSPS) is 9.06. The van der Waals surface area contributed by atoms with Gasteiger partial charge in [-0.25, -0.2) is 0 Å². The average Bonchev–Trinajstić information content (AvgIpc) is 2.18. The van der Waals surface area contributed by atoms with E-state index in [4.69, 9.17) is 15.3 Å². The number of phenols is 2. The van der Waals surface area contributed by atoms with E-state index in [0.29, 0.717) is 6.42 Å². The summed E-state index contributed by atoms with van der Waals surface area (Å²) < 4.78 is 0. The SMILES string of the molecule is CCCCCC(=O)O.Oc1cccc(O)c1. The molecule has 0 bridgehead atoms. The van der Waals surface area contributed by atoms with Gasteiger partial charge in [-0.05, 0) is 18.6 Å². The summed E-state index contributed by atoms with van der Waals surface area (Å²) in [4.78, 5) is 9.87. The predicted molar refractivity (Wildman–Crippen MR) is 61.5 cm³/mol. The number of phenolic OH excluding ortho intramolecular Hbond substituents is 2. The monoisotopic (exact) mass is 226 g/mol. The van der Waals surface area contributed by atoms with Crippen molar-refractivity contribution >= 4 is 5.97 Å². The fraction of sp³-hybridized carbons (Fsp3) is 0.417. The van der Waals surface area contributed by atoms with Crippen molar-refractivity contribution in [1.82, 2.24) is 0 Å². The van der Waals surface area contributed by atoms with Crippen molar-refractivity contribution in [3.63, 3.8) is 0 Å². The summed E-state index contributed by atoms with van der Waals surface area (Å²) in [5.41, 5.74) is 0. The summed E-state index contributed by atoms with van der Waals surface area (Å²) >= 11 is 0. The molecule has 3 N–H and O–H groups in total. The number of carbonyl (C=O) groups is 1. The maximum atomic E-state index is 9.87. The molecule has 0 aliphatic heterocycles. The Labute approximate surface area is 95.2 Å². The van der Waals surface area contributed by atoms with E-state index in [-0.39, 0.29) is 11.5 Å². The quantitative estimate of drug-likeness (QED) is 0.690. The van der Waals surface area contributed by atoms with E-state index in [9.17, 15) is 4.79 Å². The summed E-state index contributed by atoms with van der Waals surface area (Å²) in [5, 5.41) is 25.4. The molecular formula is C12H18O4. The Hall–Kier alpha value is -1.71. The number of hydrogen-bond donors (Lipinski definition) is 3. The number of carboxylic acids is 1. The van der Waals surface area contributed by atoms with Crippen molar-refractivity contribution in [2.24, 2.45) is 0 Å². The van der Waals surface area contributed by atoms with Crippen LogP contribution in [0.3, 0.4) is 0 Å². The summed E-state index contributed by atoms with van der Waals surface area (Å²) in [6, 6.07) is 5.85. The van der Waals surface area contributed by atoms with Crippen molar-refractivity contribution in [2.75, 3.05) is 0 Å². The molecule has 0 aromatic heterocycles. The molecule has 0 aliphatic rings. The lowest BCUT2D eigenvalue weighted by Crippen LogP contribution is -1.92. The molecule has 90 valence electrons. The molecule has 4 nitrogen and oxygen atoms in total. The Balaban J connectivity index is 0.000000281. The van der Waals surface area contributed by atoms with Gasteiger partial charge in [-0.2, -0.15) is 0 Å². The molecule has 0 saturated heterocycles. The van der Waals surface area contributed by atoms with E-state index in [1.807, 2.05) is 0 Å². The van der Waals surface area contributed by atoms with E-state index in [2.05, 4.69) is 6.92 Å². The van der Waals surface area contributed by atoms with Crippen LogP contribution in [0, 0.1) is 0 Å². The maximum absolute atomic E-state index is 9.87. The van der Waals surface area contributed by atoms with E-state index in [0.717, 1.165) is 19.3 Å². The van der Waals surface area contributed by atoms with Gasteiger partial charge in [-0.15, -0.1) is 0 Å². The first-order valence-corrected chi connectivity index (χ1v) is 5.26. The van der Waals surface area contributed by atoms with Crippen molar-refractivity contribution in [1.29, 1.82) is 0 Å². The van der Waals surface area contributed by atoms with E-state index >= 15 is 0 Å². The molecule has 1 rings (SSSR count). The number of carboxylic acid groups (broad SMARTS) is 1. The van der Waals surface area contributed by atoms with Crippen LogP contribution in [-0.2, 0) is 4.79 Å². The Kier molecular flexibility index (Phi) is 7.67. The highest BCUT2D eigenvalue weighted by Gasteiger charge is 1.92. The lowest BCUT2D eigenvalue weighted by molar-refractivity contribution is -0.137. The Morgan fingerprint density at radius 1 is 1.19 bits per heavy atom. The van der Waals surface area contributed by atoms with Crippen molar-refractivity contribution < 1.29 is 20.1 Å². The van der Waals surface area contributed by atoms with Gasteiger partial charge in [0.1, 0.15) is 11.5 Å². The molecule has 0 heterocycles. The van der Waals surface area contributed by atoms with Gasteiger partial charge in [-0.3, -0.25) is 4.79 Å². The summed E-state index contributed by atoms with van der Waals surface area (Å²) in [7, 11) is 0. The number of benzene rings is 1. The highest BCUT2D eigenvalue weighted by atomic mass is 16.4. The van der Waals surface area contributed by atoms with Crippen molar-refractivity contribution in [3.8, 4) is 11.5 Å². The molecule has 1 aromatic carbocycles. The smallest absolute Gasteiger partial charge is 0.303 e. The first-order valence-electron chi connectivity index (χ1n) is 5.26. The summed E-state index contributed by atoms with van der Waals surface area (Å²) in [6.45, 7) is 2.06. The number of aliphatic carboxylic acids is 1. The van der Waals surface area contributed by atoms with Gasteiger partial charge < -0.3 is 15.3 Å². The Bertz CT molecular complexity index is 292. The topological polar surface area (TPSA) is 77.8 Å². The average molecular weight is 226 g/mol. The molecule has 0 amide bonds. The second-order valence-electron chi connectivity index (χ2n) is 3.37. The Morgan fingerprint density at radius 3 is 2.06 bits per heavy atom. The van der Waals surface area contributed by atoms with Crippen molar-refractivity contribution in [3.05, 3.63) is 24.3 Å². The zero-order valence-electron chi connectivity index (χ0n) is 9.39. The van der Waals surface area contributed by atoms with Crippen LogP contribution in [0.1, 0.15) is 32.6 Å². The van der Waals surface area contributed by atoms with E-state index in [1.54, 1.807) is 6.07 Å². The minimum absolute atomic E-state index is 0.0880. The van der Waals surface area contributed by atoms with Crippen LogP contribution in [0.25, 0.3) is 0 Å². The molecule has 4 heteroatoms. The van der Waals surface area contributed by atoms with Gasteiger partial charge in [-0.1, -0.05) is 25.8 Å². The highest BCUT2D eigenvalue weighted by Crippen LogP contribution is 2.14. The van der Waals surface area contributed by atoms with Crippen LogP contribution < -0.4 is 0 Å². The first-order chi connectivity index (χ1) is 7.56. The maximum Gasteiger partial charge on any atom is 0.303 e. The van der Waals surface area contributed by atoms with Crippen LogP contribution in [-0.4, -0.2) is 21.3 Å². The van der Waals surface area contributed by atoms with Crippen molar-refractivity contribution in [2.45, 2.75) is 32.6 Å². The number of hydrogen-bond acceptors (Lipinski definition) is 3. The number of rotatable bonds is 4. The summed E-state index contributed by atoms with van der Waals surface area (Å²) in [5.74, 6) is -0.506. The van der Waals surface area contributed by atoms with Crippen LogP contribution in [0.5, 0.6) is 11.5 Å². The zero-order valence-corrected chi connectivity index (χ0v) is 9.39. The van der Waals surface area contributed by atoms with Gasteiger partial charge in [0, 0.05) is 12.5 Å². The van der Waals surface area contributed by atoms with Gasteiger partial charge >= 0.3 is 5.97 Å². The van der Waals surface area contributed by atoms with Crippen LogP contribution in [0.2, 0.25) is 0 Å².